The van der Waals surface area contributed by atoms with Gasteiger partial charge >= 0.3 is 0 Å². The normalized spacial score (nSPS) is 13.0. The van der Waals surface area contributed by atoms with Crippen molar-refractivity contribution in [1.82, 2.24) is 4.57 Å². The first-order valence-corrected chi connectivity index (χ1v) is 16.3. The third-order valence-electron chi connectivity index (χ3n) is 9.88. The summed E-state index contributed by atoms with van der Waals surface area (Å²) < 4.78 is 2.33. The zero-order valence-corrected chi connectivity index (χ0v) is 26.5. The van der Waals surface area contributed by atoms with E-state index in [1.54, 1.807) is 0 Å². The van der Waals surface area contributed by atoms with Gasteiger partial charge in [-0.05, 0) is 89.0 Å². The fourth-order valence-corrected chi connectivity index (χ4v) is 7.89. The van der Waals surface area contributed by atoms with E-state index in [2.05, 4.69) is 155 Å². The Bertz CT molecular complexity index is 2480. The summed E-state index contributed by atoms with van der Waals surface area (Å²) in [5.41, 5.74) is 10.7. The molecule has 2 heterocycles. The maximum Gasteiger partial charge on any atom is 0.0991 e. The van der Waals surface area contributed by atoms with Gasteiger partial charge in [0.15, 0.2) is 0 Å². The molecule has 0 N–H and O–H groups in total. The molecular weight excluding hydrogens is 597 g/mol. The largest absolute Gasteiger partial charge is 0.310 e. The maximum absolute atomic E-state index is 10.2. The second-order valence-electron chi connectivity index (χ2n) is 12.4. The van der Waals surface area contributed by atoms with Crippen LogP contribution in [-0.2, 0) is 5.41 Å². The molecule has 4 nitrogen and oxygen atoms in total. The number of rotatable bonds is 4. The van der Waals surface area contributed by atoms with Crippen molar-refractivity contribution in [2.24, 2.45) is 0 Å². The van der Waals surface area contributed by atoms with Crippen LogP contribution in [0.2, 0.25) is 0 Å². The molecule has 0 fully saturated rings. The quantitative estimate of drug-likeness (QED) is 0.196. The highest BCUT2D eigenvalue weighted by Gasteiger charge is 2.47. The molecule has 1 aromatic heterocycles. The molecule has 0 saturated carbocycles. The van der Waals surface area contributed by atoms with Gasteiger partial charge in [-0.3, -0.25) is 0 Å². The Morgan fingerprint density at radius 2 is 0.898 bits per heavy atom. The summed E-state index contributed by atoms with van der Waals surface area (Å²) in [4.78, 5) is 2.29. The molecule has 8 aromatic rings. The average molecular weight is 625 g/mol. The standard InChI is InChI=1S/C45H28N4/c46-29-31-22-24-43-39(26-31)45(33-12-3-1-4-13-33,34-14-5-2-6-15-34)40-27-32(30-47)23-25-44(40)49(43)36-17-11-16-35(28-36)48-41-20-9-7-18-37(41)38-19-8-10-21-42(38)48/h1-28H. The van der Waals surface area contributed by atoms with Gasteiger partial charge in [-0.2, -0.15) is 10.5 Å². The number of benzene rings is 7. The molecule has 7 aromatic carbocycles. The van der Waals surface area contributed by atoms with Gasteiger partial charge in [0.25, 0.3) is 0 Å². The van der Waals surface area contributed by atoms with Gasteiger partial charge in [-0.25, -0.2) is 0 Å². The van der Waals surface area contributed by atoms with Crippen molar-refractivity contribution in [3.05, 3.63) is 203 Å². The summed E-state index contributed by atoms with van der Waals surface area (Å²) >= 11 is 0. The van der Waals surface area contributed by atoms with E-state index < -0.39 is 5.41 Å². The van der Waals surface area contributed by atoms with Crippen molar-refractivity contribution in [3.63, 3.8) is 0 Å². The van der Waals surface area contributed by atoms with Crippen molar-refractivity contribution in [2.75, 3.05) is 4.90 Å². The third-order valence-corrected chi connectivity index (χ3v) is 9.88. The Balaban J connectivity index is 1.37. The first-order chi connectivity index (χ1) is 24.2. The molecule has 1 aliphatic rings. The number of nitrogens with zero attached hydrogens (tertiary/aromatic N) is 4. The molecule has 0 bridgehead atoms. The van der Waals surface area contributed by atoms with E-state index in [1.165, 1.54) is 10.8 Å². The van der Waals surface area contributed by atoms with Crippen LogP contribution in [0.25, 0.3) is 27.5 Å². The van der Waals surface area contributed by atoms with Gasteiger partial charge in [-0.1, -0.05) is 103 Å². The van der Waals surface area contributed by atoms with Crippen molar-refractivity contribution in [1.29, 1.82) is 10.5 Å². The first kappa shape index (κ1) is 28.4. The molecule has 0 aliphatic carbocycles. The van der Waals surface area contributed by atoms with Gasteiger partial charge in [0.2, 0.25) is 0 Å². The molecule has 4 heteroatoms. The highest BCUT2D eigenvalue weighted by atomic mass is 15.2. The lowest BCUT2D eigenvalue weighted by Crippen LogP contribution is -2.38. The number of hydrogen-bond acceptors (Lipinski definition) is 3. The smallest absolute Gasteiger partial charge is 0.0991 e. The lowest BCUT2D eigenvalue weighted by molar-refractivity contribution is 0.730. The second-order valence-corrected chi connectivity index (χ2v) is 12.4. The van der Waals surface area contributed by atoms with Crippen molar-refractivity contribution in [2.45, 2.75) is 5.41 Å². The van der Waals surface area contributed by atoms with Gasteiger partial charge in [0, 0.05) is 22.1 Å². The SMILES string of the molecule is N#Cc1ccc2c(c1)C(c1ccccc1)(c1ccccc1)c1cc(C#N)ccc1N2c1cccc(-n2c3ccccc3c3ccccc32)c1. The summed E-state index contributed by atoms with van der Waals surface area (Å²) in [6.07, 6.45) is 0. The van der Waals surface area contributed by atoms with Crippen LogP contribution in [0.15, 0.2) is 170 Å². The van der Waals surface area contributed by atoms with Crippen LogP contribution in [0.4, 0.5) is 17.1 Å². The van der Waals surface area contributed by atoms with Crippen LogP contribution >= 0.6 is 0 Å². The van der Waals surface area contributed by atoms with E-state index in [4.69, 9.17) is 0 Å². The summed E-state index contributed by atoms with van der Waals surface area (Å²) in [5.74, 6) is 0. The molecule has 0 unspecified atom stereocenters. The highest BCUT2D eigenvalue weighted by molar-refractivity contribution is 6.09. The van der Waals surface area contributed by atoms with Gasteiger partial charge < -0.3 is 9.47 Å². The lowest BCUT2D eigenvalue weighted by Gasteiger charge is -2.46. The number of hydrogen-bond donors (Lipinski definition) is 0. The summed E-state index contributed by atoms with van der Waals surface area (Å²) in [6.45, 7) is 0. The fraction of sp³-hybridized carbons (Fsp3) is 0.0222. The number of anilines is 3. The average Bonchev–Trinajstić information content (AvgIpc) is 3.51. The van der Waals surface area contributed by atoms with E-state index >= 15 is 0 Å². The Kier molecular flexibility index (Phi) is 6.44. The zero-order valence-electron chi connectivity index (χ0n) is 26.5. The number of fused-ring (bicyclic) bond motifs is 5. The van der Waals surface area contributed by atoms with Crippen LogP contribution in [0.1, 0.15) is 33.4 Å². The van der Waals surface area contributed by atoms with E-state index in [-0.39, 0.29) is 0 Å². The lowest BCUT2D eigenvalue weighted by atomic mass is 9.62. The van der Waals surface area contributed by atoms with Gasteiger partial charge in [0.1, 0.15) is 0 Å². The van der Waals surface area contributed by atoms with Crippen LogP contribution in [0.5, 0.6) is 0 Å². The molecule has 9 rings (SSSR count). The number of nitriles is 2. The minimum atomic E-state index is -0.798. The Morgan fingerprint density at radius 1 is 0.429 bits per heavy atom. The molecule has 0 saturated heterocycles. The molecule has 1 aliphatic heterocycles. The van der Waals surface area contributed by atoms with Crippen LogP contribution in [0, 0.1) is 22.7 Å². The molecule has 0 spiro atoms. The van der Waals surface area contributed by atoms with Gasteiger partial charge in [0.05, 0.1) is 51.1 Å². The molecule has 0 amide bonds. The van der Waals surface area contributed by atoms with Crippen LogP contribution < -0.4 is 4.90 Å². The van der Waals surface area contributed by atoms with Crippen molar-refractivity contribution in [3.8, 4) is 17.8 Å². The fourth-order valence-electron chi connectivity index (χ4n) is 7.89. The van der Waals surface area contributed by atoms with Gasteiger partial charge in [-0.15, -0.1) is 0 Å². The Labute approximate surface area is 284 Å². The Hall–Kier alpha value is -6.88. The van der Waals surface area contributed by atoms with E-state index in [9.17, 15) is 10.5 Å². The van der Waals surface area contributed by atoms with Crippen LogP contribution in [0.3, 0.4) is 0 Å². The second kappa shape index (κ2) is 11.1. The monoisotopic (exact) mass is 624 g/mol. The van der Waals surface area contributed by atoms with Crippen LogP contribution in [-0.4, -0.2) is 4.57 Å². The molecule has 0 atom stereocenters. The zero-order chi connectivity index (χ0) is 33.0. The number of para-hydroxylation sites is 2. The Morgan fingerprint density at radius 3 is 1.41 bits per heavy atom. The predicted octanol–water partition coefficient (Wildman–Crippen LogP) is 10.7. The summed E-state index contributed by atoms with van der Waals surface area (Å²) in [7, 11) is 0. The first-order valence-electron chi connectivity index (χ1n) is 16.3. The van der Waals surface area contributed by atoms with E-state index in [0.29, 0.717) is 11.1 Å². The third kappa shape index (κ3) is 4.15. The van der Waals surface area contributed by atoms with Crippen molar-refractivity contribution >= 4 is 38.9 Å². The maximum atomic E-state index is 10.2. The van der Waals surface area contributed by atoms with E-state index in [0.717, 1.165) is 56.0 Å². The minimum absolute atomic E-state index is 0.578. The molecule has 49 heavy (non-hydrogen) atoms. The van der Waals surface area contributed by atoms with E-state index in [1.807, 2.05) is 36.4 Å². The summed E-state index contributed by atoms with van der Waals surface area (Å²) in [5, 5.41) is 22.9. The predicted molar refractivity (Wildman–Crippen MR) is 197 cm³/mol. The molecule has 228 valence electrons. The molecule has 0 radical (unpaired) electrons. The number of aromatic nitrogens is 1. The van der Waals surface area contributed by atoms with Crippen molar-refractivity contribution < 1.29 is 0 Å². The minimum Gasteiger partial charge on any atom is -0.310 e. The highest BCUT2D eigenvalue weighted by Crippen LogP contribution is 2.58. The summed E-state index contributed by atoms with van der Waals surface area (Å²) in [6, 6.07) is 63.4. The molecular formula is C45H28N4. The topological polar surface area (TPSA) is 55.8 Å².